The largest absolute Gasteiger partial charge is 0.400 e. The average molecular weight is 321 g/mol. The molecular weight excluding hydrogens is 300 g/mol. The van der Waals surface area contributed by atoms with Crippen molar-refractivity contribution in [3.05, 3.63) is 40.6 Å². The third kappa shape index (κ3) is 3.19. The maximum atomic E-state index is 9.38. The number of aliphatic hydroxyl groups excluding tert-OH is 1. The summed E-state index contributed by atoms with van der Waals surface area (Å²) in [5.41, 5.74) is 9.08. The summed E-state index contributed by atoms with van der Waals surface area (Å²) < 4.78 is 6.00. The van der Waals surface area contributed by atoms with Gasteiger partial charge in [-0.1, -0.05) is 17.7 Å². The van der Waals surface area contributed by atoms with Crippen LogP contribution in [0.4, 0.5) is 5.69 Å². The number of hydrogen-bond acceptors (Lipinski definition) is 4. The lowest BCUT2D eigenvalue weighted by Crippen LogP contribution is -2.37. The van der Waals surface area contributed by atoms with E-state index in [0.29, 0.717) is 10.7 Å². The molecule has 1 heterocycles. The fourth-order valence-corrected chi connectivity index (χ4v) is 3.52. The van der Waals surface area contributed by atoms with Gasteiger partial charge in [0.2, 0.25) is 0 Å². The molecule has 4 nitrogen and oxygen atoms in total. The van der Waals surface area contributed by atoms with Gasteiger partial charge in [0.05, 0.1) is 17.9 Å². The highest BCUT2D eigenvalue weighted by molar-refractivity contribution is 6.30. The van der Waals surface area contributed by atoms with Gasteiger partial charge in [-0.05, 0) is 49.5 Å². The molecule has 5 heteroatoms. The Morgan fingerprint density at radius 2 is 2.27 bits per heavy atom. The van der Waals surface area contributed by atoms with Crippen molar-refractivity contribution in [3.63, 3.8) is 0 Å². The van der Waals surface area contributed by atoms with Gasteiger partial charge >= 0.3 is 0 Å². The minimum absolute atomic E-state index is 0.101. The number of rotatable bonds is 2. The molecule has 0 radical (unpaired) electrons. The molecule has 1 aliphatic carbocycles. The highest BCUT2D eigenvalue weighted by atomic mass is 35.5. The molecular formula is C17H21ClN2O2. The summed E-state index contributed by atoms with van der Waals surface area (Å²) in [6.45, 7) is 0.677. The number of benzene rings is 1. The number of ether oxygens (including phenoxy) is 1. The van der Waals surface area contributed by atoms with Crippen molar-refractivity contribution < 1.29 is 9.84 Å². The fraction of sp³-hybridized carbons (Fsp3) is 0.471. The molecule has 3 N–H and O–H groups in total. The van der Waals surface area contributed by atoms with Crippen LogP contribution in [0.1, 0.15) is 32.1 Å². The summed E-state index contributed by atoms with van der Waals surface area (Å²) in [5.74, 6) is 0. The van der Waals surface area contributed by atoms with Gasteiger partial charge in [-0.2, -0.15) is 0 Å². The number of allylic oxidation sites excluding steroid dienone is 1. The van der Waals surface area contributed by atoms with Crippen LogP contribution in [0.25, 0.3) is 0 Å². The van der Waals surface area contributed by atoms with E-state index in [4.69, 9.17) is 27.1 Å². The van der Waals surface area contributed by atoms with Crippen molar-refractivity contribution >= 4 is 23.0 Å². The summed E-state index contributed by atoms with van der Waals surface area (Å²) in [6, 6.07) is 7.46. The zero-order valence-corrected chi connectivity index (χ0v) is 13.3. The second kappa shape index (κ2) is 6.41. The van der Waals surface area contributed by atoms with Crippen molar-refractivity contribution in [2.75, 3.05) is 13.2 Å². The van der Waals surface area contributed by atoms with Gasteiger partial charge in [0.25, 0.3) is 0 Å². The van der Waals surface area contributed by atoms with Gasteiger partial charge in [0.1, 0.15) is 0 Å². The molecule has 1 saturated carbocycles. The Bertz CT molecular complexity index is 619. The summed E-state index contributed by atoms with van der Waals surface area (Å²) in [7, 11) is 0. The molecule has 0 amide bonds. The minimum atomic E-state index is -0.141. The molecule has 1 aliphatic heterocycles. The van der Waals surface area contributed by atoms with Gasteiger partial charge in [-0.3, -0.25) is 4.99 Å². The highest BCUT2D eigenvalue weighted by Crippen LogP contribution is 2.41. The molecule has 0 aromatic heterocycles. The van der Waals surface area contributed by atoms with Gasteiger partial charge in [-0.25, -0.2) is 0 Å². The molecule has 0 bridgehead atoms. The summed E-state index contributed by atoms with van der Waals surface area (Å²) in [5, 5.41) is 10.0. The third-order valence-corrected chi connectivity index (χ3v) is 4.72. The number of aliphatic imine (C=N–C) groups is 1. The second-order valence-corrected chi connectivity index (χ2v) is 6.45. The van der Waals surface area contributed by atoms with Gasteiger partial charge in [0, 0.05) is 29.5 Å². The van der Waals surface area contributed by atoms with E-state index in [9.17, 15) is 5.11 Å². The van der Waals surface area contributed by atoms with E-state index >= 15 is 0 Å². The first-order valence-corrected chi connectivity index (χ1v) is 8.05. The van der Waals surface area contributed by atoms with E-state index in [1.165, 1.54) is 0 Å². The quantitative estimate of drug-likeness (QED) is 0.878. The lowest BCUT2D eigenvalue weighted by Gasteiger charge is -2.35. The SMILES string of the molecule is N/C(CO)=C1/CCC2(CCCO2)CC1=Nc1cccc(Cl)c1. The van der Waals surface area contributed by atoms with Crippen LogP contribution in [-0.4, -0.2) is 29.6 Å². The molecule has 1 spiro atoms. The predicted molar refractivity (Wildman–Crippen MR) is 88.6 cm³/mol. The van der Waals surface area contributed by atoms with Gasteiger partial charge < -0.3 is 15.6 Å². The third-order valence-electron chi connectivity index (χ3n) is 4.48. The van der Waals surface area contributed by atoms with E-state index in [-0.39, 0.29) is 12.2 Å². The van der Waals surface area contributed by atoms with Crippen molar-refractivity contribution in [2.45, 2.75) is 37.7 Å². The number of nitrogens with zero attached hydrogens (tertiary/aromatic N) is 1. The lowest BCUT2D eigenvalue weighted by molar-refractivity contribution is 0.000448. The predicted octanol–water partition coefficient (Wildman–Crippen LogP) is 3.35. The topological polar surface area (TPSA) is 67.8 Å². The van der Waals surface area contributed by atoms with Gasteiger partial charge in [-0.15, -0.1) is 0 Å². The molecule has 1 atom stereocenters. The van der Waals surface area contributed by atoms with Crippen molar-refractivity contribution in [1.29, 1.82) is 0 Å². The zero-order chi connectivity index (χ0) is 15.6. The van der Waals surface area contributed by atoms with E-state index in [1.807, 2.05) is 24.3 Å². The molecule has 1 aromatic carbocycles. The normalized spacial score (nSPS) is 29.3. The smallest absolute Gasteiger partial charge is 0.0828 e. The number of nitrogens with two attached hydrogens (primary N) is 1. The first-order valence-electron chi connectivity index (χ1n) is 7.68. The number of aliphatic hydroxyl groups is 1. The van der Waals surface area contributed by atoms with Crippen LogP contribution in [0.2, 0.25) is 5.02 Å². The Kier molecular flexibility index (Phi) is 4.52. The highest BCUT2D eigenvalue weighted by Gasteiger charge is 2.40. The minimum Gasteiger partial charge on any atom is -0.400 e. The van der Waals surface area contributed by atoms with Crippen molar-refractivity contribution in [3.8, 4) is 0 Å². The maximum absolute atomic E-state index is 9.38. The zero-order valence-electron chi connectivity index (χ0n) is 12.5. The molecule has 2 aliphatic rings. The van der Waals surface area contributed by atoms with Crippen molar-refractivity contribution in [2.24, 2.45) is 10.7 Å². The van der Waals surface area contributed by atoms with E-state index in [2.05, 4.69) is 0 Å². The Hall–Kier alpha value is -1.36. The number of halogens is 1. The average Bonchev–Trinajstić information content (AvgIpc) is 2.95. The Morgan fingerprint density at radius 1 is 1.41 bits per heavy atom. The second-order valence-electron chi connectivity index (χ2n) is 6.01. The van der Waals surface area contributed by atoms with Crippen LogP contribution in [-0.2, 0) is 4.74 Å². The van der Waals surface area contributed by atoms with Crippen LogP contribution >= 0.6 is 11.6 Å². The molecule has 118 valence electrons. The molecule has 3 rings (SSSR count). The first kappa shape index (κ1) is 15.5. The van der Waals surface area contributed by atoms with Crippen LogP contribution < -0.4 is 5.73 Å². The summed E-state index contributed by atoms with van der Waals surface area (Å²) in [4.78, 5) is 4.75. The Morgan fingerprint density at radius 3 is 2.95 bits per heavy atom. The Labute approximate surface area is 135 Å². The van der Waals surface area contributed by atoms with Crippen LogP contribution in [0, 0.1) is 0 Å². The lowest BCUT2D eigenvalue weighted by atomic mass is 9.78. The molecule has 1 unspecified atom stereocenters. The maximum Gasteiger partial charge on any atom is 0.0828 e. The molecule has 1 aromatic rings. The first-order chi connectivity index (χ1) is 10.6. The van der Waals surface area contributed by atoms with Crippen LogP contribution in [0.15, 0.2) is 40.5 Å². The number of hydrogen-bond donors (Lipinski definition) is 2. The summed E-state index contributed by atoms with van der Waals surface area (Å²) >= 11 is 6.04. The summed E-state index contributed by atoms with van der Waals surface area (Å²) in [6.07, 6.45) is 4.64. The van der Waals surface area contributed by atoms with E-state index in [0.717, 1.165) is 55.7 Å². The molecule has 1 saturated heterocycles. The monoisotopic (exact) mass is 320 g/mol. The molecule has 22 heavy (non-hydrogen) atoms. The van der Waals surface area contributed by atoms with E-state index in [1.54, 1.807) is 0 Å². The fourth-order valence-electron chi connectivity index (χ4n) is 3.34. The van der Waals surface area contributed by atoms with Crippen LogP contribution in [0.3, 0.4) is 0 Å². The van der Waals surface area contributed by atoms with Crippen LogP contribution in [0.5, 0.6) is 0 Å². The van der Waals surface area contributed by atoms with E-state index < -0.39 is 0 Å². The Balaban J connectivity index is 1.97. The van der Waals surface area contributed by atoms with Crippen molar-refractivity contribution in [1.82, 2.24) is 0 Å². The van der Waals surface area contributed by atoms with Gasteiger partial charge in [0.15, 0.2) is 0 Å². The standard InChI is InChI=1S/C17H21ClN2O2/c18-12-3-1-4-13(9-12)20-16-10-17(6-2-8-22-17)7-5-14(16)15(19)11-21/h1,3-4,9,21H,2,5-8,10-11,19H2/b15-14-,20-16?. The molecule has 2 fully saturated rings.